The molecule has 1 amide bonds. The summed E-state index contributed by atoms with van der Waals surface area (Å²) in [5, 5.41) is 3.38. The van der Waals surface area contributed by atoms with Crippen molar-refractivity contribution in [3.05, 3.63) is 58.3 Å². The van der Waals surface area contributed by atoms with Gasteiger partial charge in [-0.25, -0.2) is 9.37 Å². The third-order valence-electron chi connectivity index (χ3n) is 4.23. The van der Waals surface area contributed by atoms with Crippen molar-refractivity contribution >= 4 is 28.7 Å². The van der Waals surface area contributed by atoms with Gasteiger partial charge in [-0.15, -0.1) is 11.3 Å². The van der Waals surface area contributed by atoms with Crippen LogP contribution in [-0.4, -0.2) is 23.5 Å². The van der Waals surface area contributed by atoms with Crippen LogP contribution in [0.4, 0.5) is 10.1 Å². The van der Waals surface area contributed by atoms with E-state index in [0.717, 1.165) is 5.56 Å². The number of ketones is 1. The summed E-state index contributed by atoms with van der Waals surface area (Å²) in [7, 11) is 0. The van der Waals surface area contributed by atoms with Gasteiger partial charge in [0.05, 0.1) is 11.4 Å². The van der Waals surface area contributed by atoms with Gasteiger partial charge in [-0.2, -0.15) is 0 Å². The van der Waals surface area contributed by atoms with Crippen LogP contribution in [-0.2, 0) is 0 Å². The summed E-state index contributed by atoms with van der Waals surface area (Å²) in [6.07, 6.45) is 0. The van der Waals surface area contributed by atoms with Crippen LogP contribution in [0, 0.1) is 12.7 Å². The molecule has 0 spiro atoms. The van der Waals surface area contributed by atoms with E-state index in [-0.39, 0.29) is 24.3 Å². The second-order valence-corrected chi connectivity index (χ2v) is 7.20. The number of benzene rings is 2. The van der Waals surface area contributed by atoms with E-state index in [2.05, 4.69) is 10.3 Å². The molecule has 0 saturated heterocycles. The zero-order valence-electron chi connectivity index (χ0n) is 15.0. The van der Waals surface area contributed by atoms with E-state index < -0.39 is 0 Å². The number of hydrogen-bond acceptors (Lipinski definition) is 6. The molecule has 0 bridgehead atoms. The van der Waals surface area contributed by atoms with Crippen LogP contribution in [0.3, 0.4) is 0 Å². The maximum absolute atomic E-state index is 13.1. The number of aryl methyl sites for hydroxylation is 1. The Morgan fingerprint density at radius 3 is 2.50 bits per heavy atom. The highest BCUT2D eigenvalue weighted by molar-refractivity contribution is 7.17. The lowest BCUT2D eigenvalue weighted by atomic mass is 10.1. The van der Waals surface area contributed by atoms with Crippen LogP contribution >= 0.6 is 11.3 Å². The van der Waals surface area contributed by atoms with E-state index in [4.69, 9.17) is 9.47 Å². The number of fused-ring (bicyclic) bond motifs is 1. The first kappa shape index (κ1) is 18.1. The number of ether oxygens (including phenoxy) is 2. The standard InChI is InChI=1S/C20H15FN2O4S/c1-10-18(28-20(22-10)12-3-5-13(21)6-4-12)19(25)23-15-8-17-16(26-9-27-17)7-14(15)11(2)24/h3-8H,9H2,1-2H3,(H,23,25). The fraction of sp³-hybridized carbons (Fsp3) is 0.150. The summed E-state index contributed by atoms with van der Waals surface area (Å²) in [5.41, 5.74) is 1.95. The lowest BCUT2D eigenvalue weighted by molar-refractivity contribution is 0.101. The Bertz CT molecular complexity index is 1090. The third-order valence-corrected chi connectivity index (χ3v) is 5.44. The molecule has 0 atom stereocenters. The van der Waals surface area contributed by atoms with Crippen molar-refractivity contribution in [1.29, 1.82) is 0 Å². The van der Waals surface area contributed by atoms with E-state index in [1.807, 2.05) is 0 Å². The number of thiazole rings is 1. The monoisotopic (exact) mass is 398 g/mol. The molecule has 1 N–H and O–H groups in total. The number of nitrogens with one attached hydrogen (secondary N) is 1. The molecule has 2 heterocycles. The van der Waals surface area contributed by atoms with Crippen molar-refractivity contribution in [3.8, 4) is 22.1 Å². The Hall–Kier alpha value is -3.26. The van der Waals surface area contributed by atoms with Gasteiger partial charge in [0.2, 0.25) is 6.79 Å². The van der Waals surface area contributed by atoms with Crippen molar-refractivity contribution in [3.63, 3.8) is 0 Å². The van der Waals surface area contributed by atoms with E-state index in [1.54, 1.807) is 31.2 Å². The van der Waals surface area contributed by atoms with Gasteiger partial charge in [0, 0.05) is 17.2 Å². The molecular formula is C20H15FN2O4S. The second kappa shape index (κ2) is 7.05. The Labute approximate surface area is 163 Å². The number of nitrogens with zero attached hydrogens (tertiary/aromatic N) is 1. The molecule has 142 valence electrons. The lowest BCUT2D eigenvalue weighted by Gasteiger charge is -2.10. The number of amides is 1. The number of rotatable bonds is 4. The summed E-state index contributed by atoms with van der Waals surface area (Å²) >= 11 is 1.20. The molecular weight excluding hydrogens is 383 g/mol. The molecule has 3 aromatic rings. The molecule has 0 aliphatic carbocycles. The fourth-order valence-corrected chi connectivity index (χ4v) is 3.81. The Morgan fingerprint density at radius 2 is 1.82 bits per heavy atom. The molecule has 8 heteroatoms. The van der Waals surface area contributed by atoms with Crippen LogP contribution in [0.5, 0.6) is 11.5 Å². The molecule has 4 rings (SSSR count). The number of Topliss-reactive ketones (excluding diaryl/α,β-unsaturated/α-hetero) is 1. The third kappa shape index (κ3) is 3.34. The topological polar surface area (TPSA) is 77.5 Å². The highest BCUT2D eigenvalue weighted by Crippen LogP contribution is 2.38. The predicted molar refractivity (Wildman–Crippen MR) is 103 cm³/mol. The van der Waals surface area contributed by atoms with Crippen molar-refractivity contribution in [2.75, 3.05) is 12.1 Å². The molecule has 0 unspecified atom stereocenters. The van der Waals surface area contributed by atoms with Gasteiger partial charge in [0.25, 0.3) is 5.91 Å². The number of carbonyl (C=O) groups excluding carboxylic acids is 2. The summed E-state index contributed by atoms with van der Waals surface area (Å²) in [6.45, 7) is 3.21. The highest BCUT2D eigenvalue weighted by Gasteiger charge is 2.22. The van der Waals surface area contributed by atoms with Crippen LogP contribution in [0.15, 0.2) is 36.4 Å². The van der Waals surface area contributed by atoms with Crippen molar-refractivity contribution < 1.29 is 23.5 Å². The normalized spacial score (nSPS) is 12.1. The SMILES string of the molecule is CC(=O)c1cc2c(cc1NC(=O)c1sc(-c3ccc(F)cc3)nc1C)OCO2. The maximum Gasteiger partial charge on any atom is 0.267 e. The average Bonchev–Trinajstić information content (AvgIpc) is 3.27. The van der Waals surface area contributed by atoms with Crippen LogP contribution in [0.25, 0.3) is 10.6 Å². The predicted octanol–water partition coefficient (Wildman–Crippen LogP) is 4.44. The molecule has 0 radical (unpaired) electrons. The lowest BCUT2D eigenvalue weighted by Crippen LogP contribution is -2.14. The zero-order valence-corrected chi connectivity index (χ0v) is 15.9. The van der Waals surface area contributed by atoms with E-state index in [0.29, 0.717) is 38.3 Å². The van der Waals surface area contributed by atoms with Crippen molar-refractivity contribution in [2.45, 2.75) is 13.8 Å². The molecule has 28 heavy (non-hydrogen) atoms. The quantitative estimate of drug-likeness (QED) is 0.658. The van der Waals surface area contributed by atoms with E-state index in [1.165, 1.54) is 30.4 Å². The molecule has 6 nitrogen and oxygen atoms in total. The number of hydrogen-bond donors (Lipinski definition) is 1. The zero-order chi connectivity index (χ0) is 19.8. The molecule has 2 aromatic carbocycles. The molecule has 0 fully saturated rings. The minimum absolute atomic E-state index is 0.0685. The summed E-state index contributed by atoms with van der Waals surface area (Å²) in [5.74, 6) is 0.00464. The number of carbonyl (C=O) groups is 2. The highest BCUT2D eigenvalue weighted by atomic mass is 32.1. The molecule has 1 aliphatic rings. The van der Waals surface area contributed by atoms with Gasteiger partial charge in [-0.05, 0) is 44.2 Å². The number of halogens is 1. The Kier molecular flexibility index (Phi) is 4.56. The van der Waals surface area contributed by atoms with Gasteiger partial charge in [-0.3, -0.25) is 9.59 Å². The largest absolute Gasteiger partial charge is 0.454 e. The van der Waals surface area contributed by atoms with E-state index >= 15 is 0 Å². The Balaban J connectivity index is 1.64. The van der Waals surface area contributed by atoms with Crippen molar-refractivity contribution in [1.82, 2.24) is 4.98 Å². The minimum atomic E-state index is -0.385. The summed E-state index contributed by atoms with van der Waals surface area (Å²) < 4.78 is 23.8. The van der Waals surface area contributed by atoms with E-state index in [9.17, 15) is 14.0 Å². The van der Waals surface area contributed by atoms with Crippen LogP contribution in [0.1, 0.15) is 32.6 Å². The summed E-state index contributed by atoms with van der Waals surface area (Å²) in [4.78, 5) is 29.6. The molecule has 0 saturated carbocycles. The Morgan fingerprint density at radius 1 is 1.14 bits per heavy atom. The first-order valence-electron chi connectivity index (χ1n) is 8.41. The van der Waals surface area contributed by atoms with Gasteiger partial charge >= 0.3 is 0 Å². The van der Waals surface area contributed by atoms with Crippen molar-refractivity contribution in [2.24, 2.45) is 0 Å². The first-order chi connectivity index (χ1) is 13.4. The molecule has 1 aromatic heterocycles. The van der Waals surface area contributed by atoms with Gasteiger partial charge < -0.3 is 14.8 Å². The van der Waals surface area contributed by atoms with Gasteiger partial charge in [0.1, 0.15) is 15.7 Å². The second-order valence-electron chi connectivity index (χ2n) is 6.20. The smallest absolute Gasteiger partial charge is 0.267 e. The summed E-state index contributed by atoms with van der Waals surface area (Å²) in [6, 6.07) is 9.05. The minimum Gasteiger partial charge on any atom is -0.454 e. The maximum atomic E-state index is 13.1. The number of aromatic nitrogens is 1. The molecule has 1 aliphatic heterocycles. The van der Waals surface area contributed by atoms with Crippen LogP contribution in [0.2, 0.25) is 0 Å². The van der Waals surface area contributed by atoms with Crippen LogP contribution < -0.4 is 14.8 Å². The average molecular weight is 398 g/mol. The van der Waals surface area contributed by atoms with Gasteiger partial charge in [0.15, 0.2) is 17.3 Å². The fourth-order valence-electron chi connectivity index (χ4n) is 2.84. The number of anilines is 1. The van der Waals surface area contributed by atoms with Gasteiger partial charge in [-0.1, -0.05) is 0 Å². The first-order valence-corrected chi connectivity index (χ1v) is 9.23.